The lowest BCUT2D eigenvalue weighted by Gasteiger charge is -2.09. The van der Waals surface area contributed by atoms with Gasteiger partial charge in [0.15, 0.2) is 0 Å². The van der Waals surface area contributed by atoms with E-state index >= 15 is 0 Å². The molecule has 0 aliphatic rings. The van der Waals surface area contributed by atoms with Crippen LogP contribution in [-0.4, -0.2) is 9.79 Å². The van der Waals surface area contributed by atoms with Crippen molar-refractivity contribution in [3.63, 3.8) is 0 Å². The van der Waals surface area contributed by atoms with Crippen LogP contribution >= 0.6 is 7.60 Å². The Morgan fingerprint density at radius 1 is 0.947 bits per heavy atom. The molecule has 0 bridgehead atoms. The molecule has 0 fully saturated rings. The summed E-state index contributed by atoms with van der Waals surface area (Å²) in [6.07, 6.45) is 3.79. The summed E-state index contributed by atoms with van der Waals surface area (Å²) in [6, 6.07) is 14.7. The molecule has 0 atom stereocenters. The summed E-state index contributed by atoms with van der Waals surface area (Å²) >= 11 is 0. The van der Waals surface area contributed by atoms with Gasteiger partial charge in [-0.05, 0) is 29.7 Å². The summed E-state index contributed by atoms with van der Waals surface area (Å²) in [4.78, 5) is 18.5. The predicted octanol–water partition coefficient (Wildman–Crippen LogP) is 2.97. The second kappa shape index (κ2) is 5.54. The fraction of sp³-hybridized carbons (Fsp3) is 0.0667. The van der Waals surface area contributed by atoms with Gasteiger partial charge in [-0.1, -0.05) is 54.6 Å². The van der Waals surface area contributed by atoms with Gasteiger partial charge in [0.25, 0.3) is 0 Å². The molecule has 0 spiro atoms. The predicted molar refractivity (Wildman–Crippen MR) is 78.2 cm³/mol. The Kier molecular flexibility index (Phi) is 4.01. The van der Waals surface area contributed by atoms with Crippen LogP contribution in [0.3, 0.4) is 0 Å². The van der Waals surface area contributed by atoms with E-state index in [1.807, 2.05) is 48.6 Å². The van der Waals surface area contributed by atoms with Gasteiger partial charge in [0.1, 0.15) is 0 Å². The van der Waals surface area contributed by atoms with E-state index in [2.05, 4.69) is 0 Å². The Morgan fingerprint density at radius 3 is 2.26 bits per heavy atom. The third kappa shape index (κ3) is 3.42. The fourth-order valence-electron chi connectivity index (χ4n) is 1.89. The number of hydrogen-bond acceptors (Lipinski definition) is 1. The van der Waals surface area contributed by atoms with Crippen LogP contribution in [0.25, 0.3) is 12.2 Å². The van der Waals surface area contributed by atoms with Crippen molar-refractivity contribution in [1.29, 1.82) is 0 Å². The first-order valence-corrected chi connectivity index (χ1v) is 7.48. The van der Waals surface area contributed by atoms with Gasteiger partial charge in [-0.25, -0.2) is 0 Å². The lowest BCUT2D eigenvalue weighted by atomic mass is 10.1. The van der Waals surface area contributed by atoms with Gasteiger partial charge in [0.05, 0.1) is 5.30 Å². The molecular weight excluding hydrogens is 259 g/mol. The van der Waals surface area contributed by atoms with Gasteiger partial charge in [-0.2, -0.15) is 0 Å². The average Bonchev–Trinajstić information content (AvgIpc) is 2.37. The molecule has 0 aliphatic carbocycles. The molecule has 2 rings (SSSR count). The Hall–Kier alpha value is -1.67. The van der Waals surface area contributed by atoms with Crippen LogP contribution in [0.2, 0.25) is 0 Å². The van der Waals surface area contributed by atoms with Crippen molar-refractivity contribution in [3.05, 3.63) is 65.2 Å². The smallest absolute Gasteiger partial charge is 0.321 e. The quantitative estimate of drug-likeness (QED) is 0.668. The molecule has 0 amide bonds. The van der Waals surface area contributed by atoms with Crippen LogP contribution in [0.15, 0.2) is 48.5 Å². The standard InChI is InChI=1S/C15H15O3P/c1-12-14(8-5-9-15(12)19(16,17)18)11-10-13-6-3-2-4-7-13/h2-11H,1H3,(H2,16,17,18)/b11-10+. The summed E-state index contributed by atoms with van der Waals surface area (Å²) in [5, 5.41) is 0.0858. The minimum atomic E-state index is -4.21. The summed E-state index contributed by atoms with van der Waals surface area (Å²) in [5.41, 5.74) is 2.47. The summed E-state index contributed by atoms with van der Waals surface area (Å²) < 4.78 is 11.4. The van der Waals surface area contributed by atoms with Gasteiger partial charge >= 0.3 is 7.60 Å². The average molecular weight is 274 g/mol. The van der Waals surface area contributed by atoms with E-state index in [0.717, 1.165) is 11.1 Å². The number of hydrogen-bond donors (Lipinski definition) is 2. The molecule has 0 aliphatic heterocycles. The van der Waals surface area contributed by atoms with Gasteiger partial charge in [-0.3, -0.25) is 4.57 Å². The summed E-state index contributed by atoms with van der Waals surface area (Å²) in [5.74, 6) is 0. The van der Waals surface area contributed by atoms with E-state index in [0.29, 0.717) is 5.56 Å². The minimum Gasteiger partial charge on any atom is -0.321 e. The Morgan fingerprint density at radius 2 is 1.63 bits per heavy atom. The van der Waals surface area contributed by atoms with Crippen LogP contribution in [0.5, 0.6) is 0 Å². The number of rotatable bonds is 3. The second-order valence-corrected chi connectivity index (χ2v) is 5.85. The molecule has 0 saturated heterocycles. The highest BCUT2D eigenvalue weighted by atomic mass is 31.2. The topological polar surface area (TPSA) is 57.5 Å². The van der Waals surface area contributed by atoms with Crippen LogP contribution in [-0.2, 0) is 4.57 Å². The Labute approximate surface area is 112 Å². The molecule has 0 aromatic heterocycles. The number of benzene rings is 2. The normalized spacial score (nSPS) is 11.9. The largest absolute Gasteiger partial charge is 0.356 e. The van der Waals surface area contributed by atoms with Crippen LogP contribution in [0.1, 0.15) is 16.7 Å². The first-order chi connectivity index (χ1) is 8.98. The molecule has 98 valence electrons. The highest BCUT2D eigenvalue weighted by Gasteiger charge is 2.20. The van der Waals surface area contributed by atoms with Gasteiger partial charge < -0.3 is 9.79 Å². The van der Waals surface area contributed by atoms with E-state index in [4.69, 9.17) is 0 Å². The fourth-order valence-corrected chi connectivity index (χ4v) is 2.73. The van der Waals surface area contributed by atoms with E-state index in [-0.39, 0.29) is 5.30 Å². The molecule has 4 heteroatoms. The van der Waals surface area contributed by atoms with Crippen molar-refractivity contribution in [2.24, 2.45) is 0 Å². The first kappa shape index (κ1) is 13.8. The molecule has 0 radical (unpaired) electrons. The van der Waals surface area contributed by atoms with Gasteiger partial charge in [0.2, 0.25) is 0 Å². The molecule has 2 N–H and O–H groups in total. The van der Waals surface area contributed by atoms with Crippen molar-refractivity contribution in [2.45, 2.75) is 6.92 Å². The Balaban J connectivity index is 2.37. The lowest BCUT2D eigenvalue weighted by Crippen LogP contribution is -2.09. The van der Waals surface area contributed by atoms with E-state index in [1.54, 1.807) is 13.0 Å². The zero-order valence-electron chi connectivity index (χ0n) is 10.5. The zero-order valence-corrected chi connectivity index (χ0v) is 11.4. The summed E-state index contributed by atoms with van der Waals surface area (Å²) in [7, 11) is -4.21. The summed E-state index contributed by atoms with van der Waals surface area (Å²) in [6.45, 7) is 1.72. The molecule has 0 saturated carbocycles. The third-order valence-corrected chi connectivity index (χ3v) is 4.03. The highest BCUT2D eigenvalue weighted by molar-refractivity contribution is 7.60. The maximum absolute atomic E-state index is 11.4. The molecule has 0 unspecified atom stereocenters. The molecule has 2 aromatic carbocycles. The van der Waals surface area contributed by atoms with Crippen LogP contribution in [0, 0.1) is 6.92 Å². The van der Waals surface area contributed by atoms with Crippen molar-refractivity contribution in [3.8, 4) is 0 Å². The van der Waals surface area contributed by atoms with E-state index in [9.17, 15) is 14.4 Å². The second-order valence-electron chi connectivity index (χ2n) is 4.28. The molecule has 2 aromatic rings. The first-order valence-electron chi connectivity index (χ1n) is 5.87. The third-order valence-electron chi connectivity index (χ3n) is 2.92. The minimum absolute atomic E-state index is 0.0858. The van der Waals surface area contributed by atoms with Crippen molar-refractivity contribution >= 4 is 25.1 Å². The monoisotopic (exact) mass is 274 g/mol. The zero-order chi connectivity index (χ0) is 13.9. The molecule has 0 heterocycles. The van der Waals surface area contributed by atoms with E-state index in [1.165, 1.54) is 6.07 Å². The van der Waals surface area contributed by atoms with Crippen LogP contribution in [0.4, 0.5) is 0 Å². The maximum atomic E-state index is 11.4. The van der Waals surface area contributed by atoms with Crippen molar-refractivity contribution in [2.75, 3.05) is 0 Å². The van der Waals surface area contributed by atoms with Gasteiger partial charge in [0, 0.05) is 0 Å². The lowest BCUT2D eigenvalue weighted by molar-refractivity contribution is 0.387. The molecule has 19 heavy (non-hydrogen) atoms. The SMILES string of the molecule is Cc1c(/C=C/c2ccccc2)cccc1P(=O)(O)O. The van der Waals surface area contributed by atoms with Crippen molar-refractivity contribution < 1.29 is 14.4 Å². The highest BCUT2D eigenvalue weighted by Crippen LogP contribution is 2.35. The molecule has 3 nitrogen and oxygen atoms in total. The van der Waals surface area contributed by atoms with Crippen molar-refractivity contribution in [1.82, 2.24) is 0 Å². The maximum Gasteiger partial charge on any atom is 0.356 e. The molecular formula is C15H15O3P. The van der Waals surface area contributed by atoms with E-state index < -0.39 is 7.60 Å². The Bertz CT molecular complexity index is 642. The van der Waals surface area contributed by atoms with Gasteiger partial charge in [-0.15, -0.1) is 0 Å². The van der Waals surface area contributed by atoms with Crippen LogP contribution < -0.4 is 5.30 Å².